The largest absolute Gasteiger partial charge is 0.496 e. The van der Waals surface area contributed by atoms with E-state index >= 15 is 0 Å². The van der Waals surface area contributed by atoms with Crippen LogP contribution >= 0.6 is 27.5 Å². The van der Waals surface area contributed by atoms with E-state index in [1.165, 1.54) is 11.1 Å². The van der Waals surface area contributed by atoms with Crippen molar-refractivity contribution in [3.63, 3.8) is 0 Å². The highest BCUT2D eigenvalue weighted by atomic mass is 79.9. The number of nitrogens with one attached hydrogen (secondary N) is 1. The smallest absolute Gasteiger partial charge is 0.122 e. The standard InChI is InChI=1S/C17H19BrClNO/c1-11-4-6-14(19)10-15(11)16(20-2)9-12-8-13(18)5-7-17(12)21-3/h4-8,10,16,20H,9H2,1-3H3. The summed E-state index contributed by atoms with van der Waals surface area (Å²) in [5.41, 5.74) is 3.60. The molecular formula is C17H19BrClNO. The van der Waals surface area contributed by atoms with E-state index in [2.05, 4.69) is 40.3 Å². The zero-order chi connectivity index (χ0) is 15.4. The van der Waals surface area contributed by atoms with Crippen LogP contribution in [0.3, 0.4) is 0 Å². The average molecular weight is 369 g/mol. The molecule has 2 nitrogen and oxygen atoms in total. The van der Waals surface area contributed by atoms with Gasteiger partial charge in [0.15, 0.2) is 0 Å². The minimum absolute atomic E-state index is 0.187. The van der Waals surface area contributed by atoms with Gasteiger partial charge in [-0.1, -0.05) is 33.6 Å². The lowest BCUT2D eigenvalue weighted by Crippen LogP contribution is -2.20. The molecule has 4 heteroatoms. The van der Waals surface area contributed by atoms with Gasteiger partial charge in [0.25, 0.3) is 0 Å². The molecule has 2 rings (SSSR count). The van der Waals surface area contributed by atoms with Gasteiger partial charge in [-0.3, -0.25) is 0 Å². The Balaban J connectivity index is 2.35. The van der Waals surface area contributed by atoms with Gasteiger partial charge in [-0.2, -0.15) is 0 Å². The second-order valence-electron chi connectivity index (χ2n) is 5.00. The third-order valence-corrected chi connectivity index (χ3v) is 4.36. The fourth-order valence-corrected chi connectivity index (χ4v) is 3.07. The lowest BCUT2D eigenvalue weighted by atomic mass is 9.95. The summed E-state index contributed by atoms with van der Waals surface area (Å²) in [7, 11) is 3.67. The van der Waals surface area contributed by atoms with Gasteiger partial charge >= 0.3 is 0 Å². The molecule has 21 heavy (non-hydrogen) atoms. The normalized spacial score (nSPS) is 12.2. The Morgan fingerprint density at radius 1 is 1.24 bits per heavy atom. The van der Waals surface area contributed by atoms with Crippen molar-refractivity contribution < 1.29 is 4.74 Å². The molecule has 0 heterocycles. The molecule has 0 aliphatic rings. The molecule has 0 radical (unpaired) electrons. The van der Waals surface area contributed by atoms with Crippen molar-refractivity contribution in [2.75, 3.05) is 14.2 Å². The van der Waals surface area contributed by atoms with Crippen molar-refractivity contribution >= 4 is 27.5 Å². The predicted molar refractivity (Wildman–Crippen MR) is 92.4 cm³/mol. The number of likely N-dealkylation sites (N-methyl/N-ethyl adjacent to an activating group) is 1. The van der Waals surface area contributed by atoms with Crippen molar-refractivity contribution in [3.8, 4) is 5.75 Å². The van der Waals surface area contributed by atoms with Crippen molar-refractivity contribution in [2.45, 2.75) is 19.4 Å². The van der Waals surface area contributed by atoms with Crippen LogP contribution in [0.1, 0.15) is 22.7 Å². The Labute approximate surface area is 139 Å². The molecule has 0 aromatic heterocycles. The maximum atomic E-state index is 6.14. The van der Waals surface area contributed by atoms with E-state index in [0.29, 0.717) is 0 Å². The van der Waals surface area contributed by atoms with Crippen LogP contribution in [-0.4, -0.2) is 14.2 Å². The molecule has 0 bridgehead atoms. The Morgan fingerprint density at radius 3 is 2.67 bits per heavy atom. The third kappa shape index (κ3) is 4.00. The maximum Gasteiger partial charge on any atom is 0.122 e. The molecule has 0 aliphatic heterocycles. The van der Waals surface area contributed by atoms with Crippen LogP contribution in [0.5, 0.6) is 5.75 Å². The van der Waals surface area contributed by atoms with Gasteiger partial charge in [0.05, 0.1) is 7.11 Å². The highest BCUT2D eigenvalue weighted by Crippen LogP contribution is 2.30. The summed E-state index contributed by atoms with van der Waals surface area (Å²) in [5, 5.41) is 4.14. The highest BCUT2D eigenvalue weighted by Gasteiger charge is 2.16. The van der Waals surface area contributed by atoms with Crippen LogP contribution in [0.15, 0.2) is 40.9 Å². The monoisotopic (exact) mass is 367 g/mol. The number of benzene rings is 2. The third-order valence-electron chi connectivity index (χ3n) is 3.63. The number of aryl methyl sites for hydroxylation is 1. The molecule has 0 saturated heterocycles. The van der Waals surface area contributed by atoms with Crippen LogP contribution < -0.4 is 10.1 Å². The van der Waals surface area contributed by atoms with Crippen LogP contribution in [0, 0.1) is 6.92 Å². The molecule has 112 valence electrons. The quantitative estimate of drug-likeness (QED) is 0.808. The Morgan fingerprint density at radius 2 is 2.00 bits per heavy atom. The van der Waals surface area contributed by atoms with Gasteiger partial charge in [0.1, 0.15) is 5.75 Å². The van der Waals surface area contributed by atoms with E-state index < -0.39 is 0 Å². The molecule has 0 fully saturated rings. The van der Waals surface area contributed by atoms with Crippen molar-refractivity contribution in [1.29, 1.82) is 0 Å². The molecule has 0 saturated carbocycles. The summed E-state index contributed by atoms with van der Waals surface area (Å²) < 4.78 is 6.51. The highest BCUT2D eigenvalue weighted by molar-refractivity contribution is 9.10. The van der Waals surface area contributed by atoms with Gasteiger partial charge in [0.2, 0.25) is 0 Å². The molecule has 1 unspecified atom stereocenters. The number of hydrogen-bond donors (Lipinski definition) is 1. The Hall–Kier alpha value is -1.03. The van der Waals surface area contributed by atoms with Gasteiger partial charge in [-0.25, -0.2) is 0 Å². The van der Waals surface area contributed by atoms with E-state index in [-0.39, 0.29) is 6.04 Å². The number of ether oxygens (including phenoxy) is 1. The zero-order valence-electron chi connectivity index (χ0n) is 12.4. The summed E-state index contributed by atoms with van der Waals surface area (Å²) in [6, 6.07) is 12.3. The fraction of sp³-hybridized carbons (Fsp3) is 0.294. The Bertz CT molecular complexity index is 630. The second-order valence-corrected chi connectivity index (χ2v) is 6.35. The average Bonchev–Trinajstić information content (AvgIpc) is 2.47. The first-order chi connectivity index (χ1) is 10.0. The number of halogens is 2. The maximum absolute atomic E-state index is 6.14. The first-order valence-electron chi connectivity index (χ1n) is 6.81. The molecule has 1 N–H and O–H groups in total. The van der Waals surface area contributed by atoms with Crippen molar-refractivity contribution in [3.05, 3.63) is 62.6 Å². The van der Waals surface area contributed by atoms with Crippen molar-refractivity contribution in [2.24, 2.45) is 0 Å². The van der Waals surface area contributed by atoms with E-state index in [9.17, 15) is 0 Å². The van der Waals surface area contributed by atoms with Crippen molar-refractivity contribution in [1.82, 2.24) is 5.32 Å². The molecular weight excluding hydrogens is 350 g/mol. The predicted octanol–water partition coefficient (Wildman–Crippen LogP) is 4.92. The van der Waals surface area contributed by atoms with E-state index in [4.69, 9.17) is 16.3 Å². The van der Waals surface area contributed by atoms with Crippen LogP contribution in [0.4, 0.5) is 0 Å². The van der Waals surface area contributed by atoms with Gasteiger partial charge < -0.3 is 10.1 Å². The van der Waals surface area contributed by atoms with Crippen LogP contribution in [-0.2, 0) is 6.42 Å². The first-order valence-corrected chi connectivity index (χ1v) is 7.98. The Kier molecular flexibility index (Phi) is 5.68. The molecule has 1 atom stereocenters. The lowest BCUT2D eigenvalue weighted by molar-refractivity contribution is 0.406. The number of rotatable bonds is 5. The number of methoxy groups -OCH3 is 1. The summed E-state index contributed by atoms with van der Waals surface area (Å²) in [6.07, 6.45) is 0.834. The van der Waals surface area contributed by atoms with Gasteiger partial charge in [-0.15, -0.1) is 0 Å². The number of hydrogen-bond acceptors (Lipinski definition) is 2. The lowest BCUT2D eigenvalue weighted by Gasteiger charge is -2.20. The summed E-state index contributed by atoms with van der Waals surface area (Å²) in [5.74, 6) is 0.901. The zero-order valence-corrected chi connectivity index (χ0v) is 14.8. The van der Waals surface area contributed by atoms with Crippen LogP contribution in [0.2, 0.25) is 5.02 Å². The topological polar surface area (TPSA) is 21.3 Å². The summed E-state index contributed by atoms with van der Waals surface area (Å²) in [6.45, 7) is 2.11. The van der Waals surface area contributed by atoms with Gasteiger partial charge in [0, 0.05) is 15.5 Å². The van der Waals surface area contributed by atoms with E-state index in [0.717, 1.165) is 27.2 Å². The molecule has 2 aromatic rings. The fourth-order valence-electron chi connectivity index (χ4n) is 2.48. The molecule has 0 amide bonds. The molecule has 0 spiro atoms. The van der Waals surface area contributed by atoms with E-state index in [1.54, 1.807) is 7.11 Å². The SMILES string of the molecule is CNC(Cc1cc(Br)ccc1OC)c1cc(Cl)ccc1C. The van der Waals surface area contributed by atoms with Crippen LogP contribution in [0.25, 0.3) is 0 Å². The molecule has 0 aliphatic carbocycles. The first kappa shape index (κ1) is 16.3. The van der Waals surface area contributed by atoms with Gasteiger partial charge in [-0.05, 0) is 67.4 Å². The minimum Gasteiger partial charge on any atom is -0.496 e. The second kappa shape index (κ2) is 7.30. The molecule has 2 aromatic carbocycles. The summed E-state index contributed by atoms with van der Waals surface area (Å²) in [4.78, 5) is 0. The minimum atomic E-state index is 0.187. The van der Waals surface area contributed by atoms with E-state index in [1.807, 2.05) is 31.3 Å². The summed E-state index contributed by atoms with van der Waals surface area (Å²) >= 11 is 9.67.